The summed E-state index contributed by atoms with van der Waals surface area (Å²) >= 11 is 0. The molecule has 0 saturated heterocycles. The first-order valence-electron chi connectivity index (χ1n) is 8.55. The normalized spacial score (nSPS) is 11.8. The quantitative estimate of drug-likeness (QED) is 0.483. The molecule has 2 heterocycles. The molecule has 148 valence electrons. The number of carbonyl (C=O) groups excluding carboxylic acids is 1. The first-order valence-corrected chi connectivity index (χ1v) is 8.55. The van der Waals surface area contributed by atoms with Crippen LogP contribution >= 0.6 is 0 Å². The maximum absolute atomic E-state index is 12.9. The van der Waals surface area contributed by atoms with Gasteiger partial charge in [-0.15, -0.1) is 0 Å². The highest BCUT2D eigenvalue weighted by molar-refractivity contribution is 5.99. The van der Waals surface area contributed by atoms with Crippen molar-refractivity contribution in [3.63, 3.8) is 0 Å². The Morgan fingerprint density at radius 1 is 1.10 bits per heavy atom. The molecule has 0 aliphatic heterocycles. The molecule has 0 atom stereocenters. The van der Waals surface area contributed by atoms with E-state index in [1.165, 1.54) is 23.9 Å². The first kappa shape index (κ1) is 18.7. The standard InChI is InChI=1S/C20H15F3N4O2/c1-26-10-16(24-11-26)18-15-9-12(19(28)29-2)3-8-17(15)27(25-18)14-6-4-13(5-7-14)20(21,22)23/h3-11H,1-2H3. The van der Waals surface area contributed by atoms with Crippen molar-refractivity contribution >= 4 is 16.9 Å². The summed E-state index contributed by atoms with van der Waals surface area (Å²) in [6.45, 7) is 0. The zero-order valence-electron chi connectivity index (χ0n) is 15.4. The fourth-order valence-electron chi connectivity index (χ4n) is 3.08. The van der Waals surface area contributed by atoms with Crippen LogP contribution < -0.4 is 0 Å². The molecule has 2 aromatic carbocycles. The molecule has 0 bridgehead atoms. The summed E-state index contributed by atoms with van der Waals surface area (Å²) in [6, 6.07) is 9.62. The van der Waals surface area contributed by atoms with E-state index >= 15 is 0 Å². The second-order valence-electron chi connectivity index (χ2n) is 6.45. The number of aromatic nitrogens is 4. The molecule has 0 fully saturated rings. The second kappa shape index (κ2) is 6.77. The monoisotopic (exact) mass is 400 g/mol. The number of nitrogens with zero attached hydrogens (tertiary/aromatic N) is 4. The van der Waals surface area contributed by atoms with E-state index in [0.717, 1.165) is 12.1 Å². The molecule has 0 radical (unpaired) electrons. The minimum atomic E-state index is -4.42. The lowest BCUT2D eigenvalue weighted by Gasteiger charge is -2.08. The van der Waals surface area contributed by atoms with Crippen LogP contribution in [-0.2, 0) is 18.0 Å². The maximum Gasteiger partial charge on any atom is 0.416 e. The Labute approximate surface area is 163 Å². The van der Waals surface area contributed by atoms with Crippen molar-refractivity contribution in [1.82, 2.24) is 19.3 Å². The SMILES string of the molecule is COC(=O)c1ccc2c(c1)c(-c1cn(C)cn1)nn2-c1ccc(C(F)(F)F)cc1. The van der Waals surface area contributed by atoms with Gasteiger partial charge in [-0.2, -0.15) is 18.3 Å². The van der Waals surface area contributed by atoms with Gasteiger partial charge in [-0.05, 0) is 42.5 Å². The van der Waals surface area contributed by atoms with Crippen molar-refractivity contribution in [3.8, 4) is 17.1 Å². The summed E-state index contributed by atoms with van der Waals surface area (Å²) in [4.78, 5) is 16.2. The zero-order valence-corrected chi connectivity index (χ0v) is 15.4. The predicted octanol–water partition coefficient (Wildman–Crippen LogP) is 4.23. The zero-order chi connectivity index (χ0) is 20.8. The number of alkyl halides is 3. The Morgan fingerprint density at radius 2 is 1.83 bits per heavy atom. The highest BCUT2D eigenvalue weighted by atomic mass is 19.4. The molecule has 4 aromatic rings. The Morgan fingerprint density at radius 3 is 2.41 bits per heavy atom. The van der Waals surface area contributed by atoms with E-state index in [0.29, 0.717) is 33.5 Å². The lowest BCUT2D eigenvalue weighted by atomic mass is 10.1. The number of ether oxygens (including phenoxy) is 1. The van der Waals surface area contributed by atoms with Crippen molar-refractivity contribution in [2.24, 2.45) is 7.05 Å². The molecule has 6 nitrogen and oxygen atoms in total. The van der Waals surface area contributed by atoms with Gasteiger partial charge in [0.25, 0.3) is 0 Å². The van der Waals surface area contributed by atoms with Gasteiger partial charge in [0.15, 0.2) is 0 Å². The fourth-order valence-corrected chi connectivity index (χ4v) is 3.08. The summed E-state index contributed by atoms with van der Waals surface area (Å²) in [5.74, 6) is -0.499. The molecule has 0 aliphatic carbocycles. The van der Waals surface area contributed by atoms with E-state index in [2.05, 4.69) is 10.1 Å². The van der Waals surface area contributed by atoms with Gasteiger partial charge in [-0.1, -0.05) is 0 Å². The second-order valence-corrected chi connectivity index (χ2v) is 6.45. The van der Waals surface area contributed by atoms with Gasteiger partial charge in [0, 0.05) is 18.6 Å². The minimum absolute atomic E-state index is 0.337. The van der Waals surface area contributed by atoms with Gasteiger partial charge < -0.3 is 9.30 Å². The van der Waals surface area contributed by atoms with Crippen LogP contribution in [0, 0.1) is 0 Å². The summed E-state index contributed by atoms with van der Waals surface area (Å²) in [7, 11) is 3.10. The molecule has 0 aliphatic rings. The van der Waals surface area contributed by atoms with Crippen LogP contribution in [0.15, 0.2) is 55.0 Å². The molecule has 0 spiro atoms. The number of halogens is 3. The van der Waals surface area contributed by atoms with Crippen LogP contribution in [0.2, 0.25) is 0 Å². The first-order chi connectivity index (χ1) is 13.8. The van der Waals surface area contributed by atoms with Crippen LogP contribution in [0.3, 0.4) is 0 Å². The molecule has 29 heavy (non-hydrogen) atoms. The lowest BCUT2D eigenvalue weighted by molar-refractivity contribution is -0.137. The van der Waals surface area contributed by atoms with Crippen LogP contribution in [0.5, 0.6) is 0 Å². The van der Waals surface area contributed by atoms with E-state index in [9.17, 15) is 18.0 Å². The third-order valence-corrected chi connectivity index (χ3v) is 4.49. The number of benzene rings is 2. The maximum atomic E-state index is 12.9. The Hall–Kier alpha value is -3.62. The average molecular weight is 400 g/mol. The molecular formula is C20H15F3N4O2. The third kappa shape index (κ3) is 3.35. The number of hydrogen-bond acceptors (Lipinski definition) is 4. The molecule has 0 N–H and O–H groups in total. The number of esters is 1. The number of fused-ring (bicyclic) bond motifs is 1. The molecule has 4 rings (SSSR count). The van der Waals surface area contributed by atoms with Crippen molar-refractivity contribution < 1.29 is 22.7 Å². The molecular weight excluding hydrogens is 385 g/mol. The van der Waals surface area contributed by atoms with Crippen molar-refractivity contribution in [2.75, 3.05) is 7.11 Å². The Bertz CT molecular complexity index is 1210. The third-order valence-electron chi connectivity index (χ3n) is 4.49. The molecule has 2 aromatic heterocycles. The van der Waals surface area contributed by atoms with Crippen molar-refractivity contribution in [3.05, 3.63) is 66.1 Å². The van der Waals surface area contributed by atoms with Crippen LogP contribution in [0.1, 0.15) is 15.9 Å². The van der Waals surface area contributed by atoms with Gasteiger partial charge in [-0.3, -0.25) is 0 Å². The summed E-state index contributed by atoms with van der Waals surface area (Å²) in [5.41, 5.74) is 1.75. The average Bonchev–Trinajstić information content (AvgIpc) is 3.29. The van der Waals surface area contributed by atoms with Gasteiger partial charge in [0.1, 0.15) is 11.4 Å². The number of carbonyl (C=O) groups is 1. The van der Waals surface area contributed by atoms with Gasteiger partial charge >= 0.3 is 12.1 Å². The fraction of sp³-hybridized carbons (Fsp3) is 0.150. The van der Waals surface area contributed by atoms with Gasteiger partial charge in [0.2, 0.25) is 0 Å². The van der Waals surface area contributed by atoms with Crippen molar-refractivity contribution in [1.29, 1.82) is 0 Å². The highest BCUT2D eigenvalue weighted by Gasteiger charge is 2.30. The minimum Gasteiger partial charge on any atom is -0.465 e. The summed E-state index contributed by atoms with van der Waals surface area (Å²) in [5, 5.41) is 5.20. The van der Waals surface area contributed by atoms with Crippen LogP contribution in [-0.4, -0.2) is 32.4 Å². The number of imidazole rings is 1. The van der Waals surface area contributed by atoms with E-state index < -0.39 is 17.7 Å². The van der Waals surface area contributed by atoms with Crippen LogP contribution in [0.25, 0.3) is 28.0 Å². The smallest absolute Gasteiger partial charge is 0.416 e. The number of methoxy groups -OCH3 is 1. The predicted molar refractivity (Wildman–Crippen MR) is 99.6 cm³/mol. The number of aryl methyl sites for hydroxylation is 1. The van der Waals surface area contributed by atoms with Gasteiger partial charge in [0.05, 0.1) is 35.8 Å². The topological polar surface area (TPSA) is 61.9 Å². The molecule has 0 amide bonds. The van der Waals surface area contributed by atoms with E-state index in [-0.39, 0.29) is 0 Å². The largest absolute Gasteiger partial charge is 0.465 e. The highest BCUT2D eigenvalue weighted by Crippen LogP contribution is 2.32. The molecule has 9 heteroatoms. The Kier molecular flexibility index (Phi) is 4.37. The van der Waals surface area contributed by atoms with E-state index in [4.69, 9.17) is 4.74 Å². The van der Waals surface area contributed by atoms with E-state index in [1.807, 2.05) is 7.05 Å². The van der Waals surface area contributed by atoms with Gasteiger partial charge in [-0.25, -0.2) is 14.5 Å². The lowest BCUT2D eigenvalue weighted by Crippen LogP contribution is -2.05. The molecule has 0 saturated carbocycles. The van der Waals surface area contributed by atoms with Crippen molar-refractivity contribution in [2.45, 2.75) is 6.18 Å². The summed E-state index contributed by atoms with van der Waals surface area (Å²) < 4.78 is 46.7. The van der Waals surface area contributed by atoms with E-state index in [1.54, 1.807) is 35.3 Å². The number of rotatable bonds is 3. The Balaban J connectivity index is 1.91. The van der Waals surface area contributed by atoms with Crippen LogP contribution in [0.4, 0.5) is 13.2 Å². The number of hydrogen-bond donors (Lipinski definition) is 0. The molecule has 0 unspecified atom stereocenters. The summed E-state index contributed by atoms with van der Waals surface area (Å²) in [6.07, 6.45) is -1.04.